The van der Waals surface area contributed by atoms with Crippen molar-refractivity contribution < 1.29 is 18.1 Å². The maximum atomic E-state index is 12.8. The number of benzene rings is 2. The van der Waals surface area contributed by atoms with E-state index >= 15 is 0 Å². The van der Waals surface area contributed by atoms with Crippen LogP contribution in [0.25, 0.3) is 0 Å². The molecule has 1 aliphatic rings. The average Bonchev–Trinajstić information content (AvgIpc) is 2.68. The summed E-state index contributed by atoms with van der Waals surface area (Å²) in [5.74, 6) is -0.343. The second kappa shape index (κ2) is 8.60. The van der Waals surface area contributed by atoms with Gasteiger partial charge in [0, 0.05) is 17.7 Å². The Hall–Kier alpha value is -2.94. The minimum absolute atomic E-state index is 0.0839. The first-order valence-electron chi connectivity index (χ1n) is 9.46. The summed E-state index contributed by atoms with van der Waals surface area (Å²) in [5, 5.41) is 14.1. The number of para-hydroxylation sites is 1. The molecule has 2 aromatic carbocycles. The van der Waals surface area contributed by atoms with E-state index < -0.39 is 14.9 Å². The molecule has 2 aromatic rings. The lowest BCUT2D eigenvalue weighted by Crippen LogP contribution is -2.36. The predicted octanol–water partition coefficient (Wildman–Crippen LogP) is 3.77. The van der Waals surface area contributed by atoms with E-state index in [4.69, 9.17) is 0 Å². The topological polar surface area (TPSA) is 118 Å². The van der Waals surface area contributed by atoms with E-state index in [1.54, 1.807) is 18.2 Å². The van der Waals surface area contributed by atoms with Crippen LogP contribution in [0, 0.1) is 17.0 Å². The first-order chi connectivity index (χ1) is 13.8. The molecule has 0 aromatic heterocycles. The number of carbonyl (C=O) groups is 1. The molecule has 1 aliphatic carbocycles. The molecule has 0 saturated heterocycles. The molecule has 29 heavy (non-hydrogen) atoms. The van der Waals surface area contributed by atoms with Crippen molar-refractivity contribution in [2.75, 3.05) is 4.72 Å². The van der Waals surface area contributed by atoms with Crippen molar-refractivity contribution in [3.63, 3.8) is 0 Å². The van der Waals surface area contributed by atoms with Gasteiger partial charge in [-0.1, -0.05) is 37.5 Å². The molecule has 0 spiro atoms. The Morgan fingerprint density at radius 3 is 2.48 bits per heavy atom. The monoisotopic (exact) mass is 417 g/mol. The Labute approximate surface area is 169 Å². The number of anilines is 1. The number of carbonyl (C=O) groups excluding carboxylic acids is 1. The van der Waals surface area contributed by atoms with Gasteiger partial charge >= 0.3 is 0 Å². The SMILES string of the molecule is Cc1ccc(S(=O)(=O)Nc2ccccc2C(=O)NC2CCCCC2)cc1[N+](=O)[O-]. The number of hydrogen-bond acceptors (Lipinski definition) is 5. The molecule has 0 unspecified atom stereocenters. The van der Waals surface area contributed by atoms with Gasteiger partial charge < -0.3 is 5.32 Å². The molecule has 0 atom stereocenters. The van der Waals surface area contributed by atoms with Crippen LogP contribution in [0.2, 0.25) is 0 Å². The third-order valence-electron chi connectivity index (χ3n) is 5.04. The van der Waals surface area contributed by atoms with Crippen molar-refractivity contribution in [3.05, 3.63) is 63.7 Å². The van der Waals surface area contributed by atoms with E-state index in [1.807, 2.05) is 0 Å². The highest BCUT2D eigenvalue weighted by Gasteiger charge is 2.23. The molecule has 154 valence electrons. The lowest BCUT2D eigenvalue weighted by atomic mass is 9.95. The molecule has 8 nitrogen and oxygen atoms in total. The van der Waals surface area contributed by atoms with Crippen molar-refractivity contribution in [1.82, 2.24) is 5.32 Å². The molecule has 3 rings (SSSR count). The third-order valence-corrected chi connectivity index (χ3v) is 6.41. The van der Waals surface area contributed by atoms with Crippen LogP contribution >= 0.6 is 0 Å². The molecule has 0 radical (unpaired) electrons. The average molecular weight is 417 g/mol. The van der Waals surface area contributed by atoms with E-state index in [9.17, 15) is 23.3 Å². The molecule has 0 heterocycles. The van der Waals surface area contributed by atoms with Gasteiger partial charge in [-0.25, -0.2) is 8.42 Å². The lowest BCUT2D eigenvalue weighted by molar-refractivity contribution is -0.385. The summed E-state index contributed by atoms with van der Waals surface area (Å²) in [6, 6.07) is 10.1. The standard InChI is InChI=1S/C20H23N3O5S/c1-14-11-12-16(13-19(14)23(25)26)29(27,28)22-18-10-6-5-9-17(18)20(24)21-15-7-3-2-4-8-15/h5-6,9-13,15,22H,2-4,7-8H2,1H3,(H,21,24). The van der Waals surface area contributed by atoms with Crippen LogP contribution in [0.5, 0.6) is 0 Å². The molecule has 1 saturated carbocycles. The summed E-state index contributed by atoms with van der Waals surface area (Å²) >= 11 is 0. The van der Waals surface area contributed by atoms with Gasteiger partial charge in [-0.05, 0) is 38.0 Å². The van der Waals surface area contributed by atoms with Crippen LogP contribution < -0.4 is 10.0 Å². The smallest absolute Gasteiger partial charge is 0.273 e. The van der Waals surface area contributed by atoms with Crippen molar-refractivity contribution >= 4 is 27.3 Å². The van der Waals surface area contributed by atoms with Crippen LogP contribution in [0.4, 0.5) is 11.4 Å². The van der Waals surface area contributed by atoms with E-state index in [2.05, 4.69) is 10.0 Å². The minimum Gasteiger partial charge on any atom is -0.349 e. The van der Waals surface area contributed by atoms with Gasteiger partial charge in [0.2, 0.25) is 0 Å². The number of nitrogens with zero attached hydrogens (tertiary/aromatic N) is 1. The molecule has 9 heteroatoms. The van der Waals surface area contributed by atoms with Crippen LogP contribution in [-0.2, 0) is 10.0 Å². The Kier molecular flexibility index (Phi) is 6.17. The summed E-state index contributed by atoms with van der Waals surface area (Å²) in [6.07, 6.45) is 5.10. The van der Waals surface area contributed by atoms with E-state index in [0.717, 1.165) is 38.2 Å². The van der Waals surface area contributed by atoms with E-state index in [1.165, 1.54) is 25.1 Å². The predicted molar refractivity (Wildman–Crippen MR) is 109 cm³/mol. The highest BCUT2D eigenvalue weighted by molar-refractivity contribution is 7.92. The summed E-state index contributed by atoms with van der Waals surface area (Å²) in [4.78, 5) is 23.0. The number of aryl methyl sites for hydroxylation is 1. The fourth-order valence-electron chi connectivity index (χ4n) is 3.44. The quantitative estimate of drug-likeness (QED) is 0.548. The lowest BCUT2D eigenvalue weighted by Gasteiger charge is -2.23. The number of rotatable bonds is 6. The number of nitrogens with one attached hydrogen (secondary N) is 2. The Bertz CT molecular complexity index is 1030. The maximum Gasteiger partial charge on any atom is 0.273 e. The second-order valence-electron chi connectivity index (χ2n) is 7.16. The van der Waals surface area contributed by atoms with Gasteiger partial charge in [0.1, 0.15) is 0 Å². The Morgan fingerprint density at radius 1 is 1.10 bits per heavy atom. The maximum absolute atomic E-state index is 12.8. The highest BCUT2D eigenvalue weighted by Crippen LogP contribution is 2.26. The number of amides is 1. The summed E-state index contributed by atoms with van der Waals surface area (Å²) in [7, 11) is -4.11. The van der Waals surface area contributed by atoms with Gasteiger partial charge in [-0.15, -0.1) is 0 Å². The third kappa shape index (κ3) is 4.92. The fourth-order valence-corrected chi connectivity index (χ4v) is 4.54. The number of sulfonamides is 1. The number of nitro benzene ring substituents is 1. The normalized spacial score (nSPS) is 14.9. The van der Waals surface area contributed by atoms with Crippen LogP contribution in [0.1, 0.15) is 48.0 Å². The van der Waals surface area contributed by atoms with Crippen LogP contribution in [0.3, 0.4) is 0 Å². The molecule has 2 N–H and O–H groups in total. The summed E-state index contributed by atoms with van der Waals surface area (Å²) < 4.78 is 28.0. The largest absolute Gasteiger partial charge is 0.349 e. The number of nitro groups is 1. The van der Waals surface area contributed by atoms with Crippen molar-refractivity contribution in [2.24, 2.45) is 0 Å². The molecule has 1 fully saturated rings. The van der Waals surface area contributed by atoms with Crippen molar-refractivity contribution in [2.45, 2.75) is 50.0 Å². The van der Waals surface area contributed by atoms with E-state index in [0.29, 0.717) is 5.56 Å². The van der Waals surface area contributed by atoms with Crippen molar-refractivity contribution in [3.8, 4) is 0 Å². The van der Waals surface area contributed by atoms with Crippen molar-refractivity contribution in [1.29, 1.82) is 0 Å². The summed E-state index contributed by atoms with van der Waals surface area (Å²) in [6.45, 7) is 1.53. The highest BCUT2D eigenvalue weighted by atomic mass is 32.2. The zero-order valence-electron chi connectivity index (χ0n) is 16.1. The molecule has 1 amide bonds. The summed E-state index contributed by atoms with van der Waals surface area (Å²) in [5.41, 5.74) is 0.421. The van der Waals surface area contributed by atoms with Crippen LogP contribution in [0.15, 0.2) is 47.4 Å². The van der Waals surface area contributed by atoms with Gasteiger partial charge in [0.15, 0.2) is 0 Å². The van der Waals surface area contributed by atoms with Gasteiger partial charge in [0.25, 0.3) is 21.6 Å². The Balaban J connectivity index is 1.85. The molecule has 0 aliphatic heterocycles. The van der Waals surface area contributed by atoms with Gasteiger partial charge in [-0.3, -0.25) is 19.6 Å². The zero-order chi connectivity index (χ0) is 21.0. The zero-order valence-corrected chi connectivity index (χ0v) is 16.9. The fraction of sp³-hybridized carbons (Fsp3) is 0.350. The first kappa shape index (κ1) is 20.8. The second-order valence-corrected chi connectivity index (χ2v) is 8.85. The molecular formula is C20H23N3O5S. The molecular weight excluding hydrogens is 394 g/mol. The van der Waals surface area contributed by atoms with E-state index in [-0.39, 0.29) is 33.8 Å². The first-order valence-corrected chi connectivity index (χ1v) is 10.9. The van der Waals surface area contributed by atoms with Gasteiger partial charge in [-0.2, -0.15) is 0 Å². The minimum atomic E-state index is -4.11. The molecule has 0 bridgehead atoms. The van der Waals surface area contributed by atoms with Crippen LogP contribution in [-0.4, -0.2) is 25.3 Å². The Morgan fingerprint density at radius 2 is 1.79 bits per heavy atom. The number of hydrogen-bond donors (Lipinski definition) is 2. The van der Waals surface area contributed by atoms with Gasteiger partial charge in [0.05, 0.1) is 21.1 Å².